The summed E-state index contributed by atoms with van der Waals surface area (Å²) in [5, 5.41) is 0. The van der Waals surface area contributed by atoms with Crippen LogP contribution in [0.5, 0.6) is 5.75 Å². The van der Waals surface area contributed by atoms with E-state index in [1.807, 2.05) is 0 Å². The molecule has 0 spiro atoms. The molecule has 0 aliphatic rings. The minimum atomic E-state index is -0.289. The van der Waals surface area contributed by atoms with Crippen molar-refractivity contribution in [2.45, 2.75) is 13.3 Å². The SMILES string of the molecule is CCC(=O)Oc1cncc(N)c1. The van der Waals surface area contributed by atoms with Gasteiger partial charge in [-0.3, -0.25) is 9.78 Å². The lowest BCUT2D eigenvalue weighted by atomic mass is 10.4. The van der Waals surface area contributed by atoms with Crippen LogP contribution in [-0.4, -0.2) is 11.0 Å². The average molecular weight is 166 g/mol. The fraction of sp³-hybridized carbons (Fsp3) is 0.250. The maximum absolute atomic E-state index is 10.8. The van der Waals surface area contributed by atoms with Crippen LogP contribution in [0, 0.1) is 0 Å². The second kappa shape index (κ2) is 3.71. The first-order valence-electron chi connectivity index (χ1n) is 3.63. The normalized spacial score (nSPS) is 9.42. The number of carbonyl (C=O) groups excluding carboxylic acids is 1. The maximum atomic E-state index is 10.8. The highest BCUT2D eigenvalue weighted by Gasteiger charge is 2.00. The molecule has 12 heavy (non-hydrogen) atoms. The van der Waals surface area contributed by atoms with Gasteiger partial charge in [-0.2, -0.15) is 0 Å². The van der Waals surface area contributed by atoms with E-state index in [2.05, 4.69) is 4.98 Å². The number of aromatic nitrogens is 1. The van der Waals surface area contributed by atoms with Gasteiger partial charge in [0.1, 0.15) is 0 Å². The number of ether oxygens (including phenoxy) is 1. The predicted octanol–water partition coefficient (Wildman–Crippen LogP) is 0.979. The summed E-state index contributed by atoms with van der Waals surface area (Å²) in [4.78, 5) is 14.6. The van der Waals surface area contributed by atoms with Gasteiger partial charge < -0.3 is 10.5 Å². The topological polar surface area (TPSA) is 65.2 Å². The molecule has 0 bridgehead atoms. The maximum Gasteiger partial charge on any atom is 0.310 e. The van der Waals surface area contributed by atoms with Gasteiger partial charge in [0.05, 0.1) is 18.1 Å². The fourth-order valence-corrected chi connectivity index (χ4v) is 0.695. The molecule has 0 aromatic carbocycles. The summed E-state index contributed by atoms with van der Waals surface area (Å²) >= 11 is 0. The van der Waals surface area contributed by atoms with Crippen LogP contribution in [-0.2, 0) is 4.79 Å². The molecule has 0 aliphatic carbocycles. The van der Waals surface area contributed by atoms with E-state index in [0.29, 0.717) is 17.9 Å². The molecule has 0 amide bonds. The molecule has 0 unspecified atom stereocenters. The van der Waals surface area contributed by atoms with Crippen LogP contribution >= 0.6 is 0 Å². The summed E-state index contributed by atoms with van der Waals surface area (Å²) in [5.74, 6) is 0.101. The molecule has 4 nitrogen and oxygen atoms in total. The lowest BCUT2D eigenvalue weighted by molar-refractivity contribution is -0.134. The predicted molar refractivity (Wildman–Crippen MR) is 44.6 cm³/mol. The van der Waals surface area contributed by atoms with Gasteiger partial charge in [0.15, 0.2) is 5.75 Å². The van der Waals surface area contributed by atoms with Crippen LogP contribution in [0.25, 0.3) is 0 Å². The van der Waals surface area contributed by atoms with Crippen LogP contribution in [0.15, 0.2) is 18.5 Å². The fourth-order valence-electron chi connectivity index (χ4n) is 0.695. The van der Waals surface area contributed by atoms with Crippen molar-refractivity contribution in [3.8, 4) is 5.75 Å². The Hall–Kier alpha value is -1.58. The van der Waals surface area contributed by atoms with Gasteiger partial charge in [-0.05, 0) is 0 Å². The van der Waals surface area contributed by atoms with Crippen molar-refractivity contribution in [2.75, 3.05) is 5.73 Å². The second-order valence-electron chi connectivity index (χ2n) is 2.28. The Kier molecular flexibility index (Phi) is 2.63. The zero-order chi connectivity index (χ0) is 8.97. The van der Waals surface area contributed by atoms with Crippen molar-refractivity contribution in [2.24, 2.45) is 0 Å². The molecule has 1 heterocycles. The van der Waals surface area contributed by atoms with Gasteiger partial charge in [-0.1, -0.05) is 6.92 Å². The van der Waals surface area contributed by atoms with E-state index in [0.717, 1.165) is 0 Å². The molecule has 0 saturated carbocycles. The lowest BCUT2D eigenvalue weighted by Crippen LogP contribution is -2.05. The smallest absolute Gasteiger partial charge is 0.310 e. The number of hydrogen-bond donors (Lipinski definition) is 1. The number of carbonyl (C=O) groups is 1. The molecule has 0 fully saturated rings. The number of hydrogen-bond acceptors (Lipinski definition) is 4. The molecular formula is C8H10N2O2. The summed E-state index contributed by atoms with van der Waals surface area (Å²) in [6.07, 6.45) is 3.28. The number of nitrogens with zero attached hydrogens (tertiary/aromatic N) is 1. The molecule has 2 N–H and O–H groups in total. The number of anilines is 1. The molecule has 0 saturated heterocycles. The van der Waals surface area contributed by atoms with Crippen molar-refractivity contribution < 1.29 is 9.53 Å². The van der Waals surface area contributed by atoms with Crippen molar-refractivity contribution >= 4 is 11.7 Å². The molecule has 64 valence electrons. The van der Waals surface area contributed by atoms with E-state index < -0.39 is 0 Å². The number of esters is 1. The van der Waals surface area contributed by atoms with Crippen molar-refractivity contribution in [3.63, 3.8) is 0 Å². The van der Waals surface area contributed by atoms with Gasteiger partial charge in [0.2, 0.25) is 0 Å². The largest absolute Gasteiger partial charge is 0.425 e. The van der Waals surface area contributed by atoms with Crippen LogP contribution in [0.2, 0.25) is 0 Å². The van der Waals surface area contributed by atoms with Gasteiger partial charge in [0.25, 0.3) is 0 Å². The monoisotopic (exact) mass is 166 g/mol. The third kappa shape index (κ3) is 2.23. The van der Waals surface area contributed by atoms with E-state index in [4.69, 9.17) is 10.5 Å². The Morgan fingerprint density at radius 3 is 3.00 bits per heavy atom. The molecule has 0 aliphatic heterocycles. The van der Waals surface area contributed by atoms with Crippen LogP contribution in [0.3, 0.4) is 0 Å². The van der Waals surface area contributed by atoms with Crippen LogP contribution in [0.4, 0.5) is 5.69 Å². The minimum absolute atomic E-state index is 0.289. The summed E-state index contributed by atoms with van der Waals surface area (Å²) in [7, 11) is 0. The Bertz CT molecular complexity index is 286. The van der Waals surface area contributed by atoms with E-state index in [-0.39, 0.29) is 5.97 Å². The first kappa shape index (κ1) is 8.52. The third-order valence-corrected chi connectivity index (χ3v) is 1.25. The molecule has 1 aromatic rings. The minimum Gasteiger partial charge on any atom is -0.425 e. The highest BCUT2D eigenvalue weighted by Crippen LogP contribution is 2.12. The zero-order valence-corrected chi connectivity index (χ0v) is 6.78. The Morgan fingerprint density at radius 2 is 2.42 bits per heavy atom. The molecule has 0 radical (unpaired) electrons. The highest BCUT2D eigenvalue weighted by molar-refractivity contribution is 5.72. The number of rotatable bonds is 2. The number of nitrogens with two attached hydrogens (primary N) is 1. The quantitative estimate of drug-likeness (QED) is 0.665. The van der Waals surface area contributed by atoms with E-state index >= 15 is 0 Å². The second-order valence-corrected chi connectivity index (χ2v) is 2.28. The first-order chi connectivity index (χ1) is 5.72. The number of nitrogen functional groups attached to an aromatic ring is 1. The molecule has 0 atom stereocenters. The Balaban J connectivity index is 2.69. The summed E-state index contributed by atoms with van der Waals surface area (Å²) in [6.45, 7) is 1.72. The lowest BCUT2D eigenvalue weighted by Gasteiger charge is -2.01. The number of pyridine rings is 1. The van der Waals surface area contributed by atoms with E-state index in [9.17, 15) is 4.79 Å². The zero-order valence-electron chi connectivity index (χ0n) is 6.78. The average Bonchev–Trinajstić information content (AvgIpc) is 2.04. The Morgan fingerprint density at radius 1 is 1.67 bits per heavy atom. The molecule has 1 aromatic heterocycles. The van der Waals surface area contributed by atoms with E-state index in [1.54, 1.807) is 13.0 Å². The molecule has 1 rings (SSSR count). The highest BCUT2D eigenvalue weighted by atomic mass is 16.5. The van der Waals surface area contributed by atoms with Crippen molar-refractivity contribution in [1.82, 2.24) is 4.98 Å². The van der Waals surface area contributed by atoms with Gasteiger partial charge in [0, 0.05) is 12.5 Å². The summed E-state index contributed by atoms with van der Waals surface area (Å²) in [6, 6.07) is 1.56. The summed E-state index contributed by atoms with van der Waals surface area (Å²) in [5.41, 5.74) is 5.90. The first-order valence-corrected chi connectivity index (χ1v) is 3.63. The molecule has 4 heteroatoms. The van der Waals surface area contributed by atoms with Crippen LogP contribution < -0.4 is 10.5 Å². The van der Waals surface area contributed by atoms with Gasteiger partial charge in [-0.15, -0.1) is 0 Å². The summed E-state index contributed by atoms with van der Waals surface area (Å²) < 4.78 is 4.86. The third-order valence-electron chi connectivity index (χ3n) is 1.25. The Labute approximate surface area is 70.4 Å². The standard InChI is InChI=1S/C8H10N2O2/c1-2-8(11)12-7-3-6(9)4-10-5-7/h3-5H,2,9H2,1H3. The van der Waals surface area contributed by atoms with Gasteiger partial charge >= 0.3 is 5.97 Å². The molecular weight excluding hydrogens is 156 g/mol. The van der Waals surface area contributed by atoms with Gasteiger partial charge in [-0.25, -0.2) is 0 Å². The van der Waals surface area contributed by atoms with Crippen molar-refractivity contribution in [3.05, 3.63) is 18.5 Å². The van der Waals surface area contributed by atoms with E-state index in [1.165, 1.54) is 12.4 Å². The van der Waals surface area contributed by atoms with Crippen LogP contribution in [0.1, 0.15) is 13.3 Å². The van der Waals surface area contributed by atoms with Crippen molar-refractivity contribution in [1.29, 1.82) is 0 Å².